The fourth-order valence-corrected chi connectivity index (χ4v) is 3.86. The lowest BCUT2D eigenvalue weighted by atomic mass is 9.97. The van der Waals surface area contributed by atoms with E-state index in [1.165, 1.54) is 11.3 Å². The number of benzene rings is 1. The summed E-state index contributed by atoms with van der Waals surface area (Å²) >= 11 is 1.47. The van der Waals surface area contributed by atoms with Crippen molar-refractivity contribution in [2.45, 2.75) is 19.4 Å². The summed E-state index contributed by atoms with van der Waals surface area (Å²) < 4.78 is 5.23. The molecule has 8 nitrogen and oxygen atoms in total. The number of anilines is 1. The molecule has 2 N–H and O–H groups in total. The summed E-state index contributed by atoms with van der Waals surface area (Å²) in [6.07, 6.45) is 1.53. The van der Waals surface area contributed by atoms with Gasteiger partial charge in [-0.3, -0.25) is 10.1 Å². The quantitative estimate of drug-likeness (QED) is 0.671. The van der Waals surface area contributed by atoms with Crippen molar-refractivity contribution in [3.05, 3.63) is 53.7 Å². The van der Waals surface area contributed by atoms with Crippen LogP contribution in [0.15, 0.2) is 52.4 Å². The zero-order valence-corrected chi connectivity index (χ0v) is 16.5. The van der Waals surface area contributed by atoms with E-state index in [9.17, 15) is 9.59 Å². The van der Waals surface area contributed by atoms with E-state index in [2.05, 4.69) is 20.8 Å². The van der Waals surface area contributed by atoms with Crippen molar-refractivity contribution in [2.24, 2.45) is 5.92 Å². The third-order valence-electron chi connectivity index (χ3n) is 4.74. The largest absolute Gasteiger partial charge is 0.347 e. The highest BCUT2D eigenvalue weighted by Crippen LogP contribution is 2.20. The number of aromatic nitrogens is 2. The van der Waals surface area contributed by atoms with E-state index < -0.39 is 0 Å². The van der Waals surface area contributed by atoms with E-state index in [0.29, 0.717) is 24.8 Å². The van der Waals surface area contributed by atoms with E-state index in [-0.39, 0.29) is 24.4 Å². The number of nitrogens with one attached hydrogen (secondary N) is 2. The maximum absolute atomic E-state index is 12.6. The molecule has 0 aliphatic carbocycles. The standard InChI is InChI=1S/C20H21N5O3S/c26-19(21-12-16-22-18(24-28-16)14-6-2-1-3-7-14)15-8-4-10-25(13-15)20(27)23-17-9-5-11-29-17/h1-3,5-7,9,11,15H,4,8,10,12-13H2,(H,21,26)(H,23,27). The van der Waals surface area contributed by atoms with Gasteiger partial charge in [0.2, 0.25) is 17.6 Å². The Morgan fingerprint density at radius 1 is 1.21 bits per heavy atom. The van der Waals surface area contributed by atoms with Crippen LogP contribution in [-0.4, -0.2) is 40.1 Å². The average Bonchev–Trinajstić information content (AvgIpc) is 3.45. The van der Waals surface area contributed by atoms with Gasteiger partial charge in [0, 0.05) is 18.7 Å². The van der Waals surface area contributed by atoms with Crippen molar-refractivity contribution in [1.82, 2.24) is 20.4 Å². The molecule has 9 heteroatoms. The Balaban J connectivity index is 1.29. The molecular weight excluding hydrogens is 390 g/mol. The minimum absolute atomic E-state index is 0.113. The summed E-state index contributed by atoms with van der Waals surface area (Å²) in [5.74, 6) is 0.469. The molecule has 0 radical (unpaired) electrons. The Labute approximate surface area is 171 Å². The number of likely N-dealkylation sites (tertiary alicyclic amines) is 1. The van der Waals surface area contributed by atoms with Crippen molar-refractivity contribution in [1.29, 1.82) is 0 Å². The third-order valence-corrected chi connectivity index (χ3v) is 5.53. The number of urea groups is 1. The molecular formula is C20H21N5O3S. The van der Waals surface area contributed by atoms with Gasteiger partial charge in [0.15, 0.2) is 0 Å². The Kier molecular flexibility index (Phi) is 5.85. The predicted octanol–water partition coefficient (Wildman–Crippen LogP) is 3.36. The summed E-state index contributed by atoms with van der Waals surface area (Å²) in [6, 6.07) is 13.1. The summed E-state index contributed by atoms with van der Waals surface area (Å²) in [5.41, 5.74) is 0.855. The van der Waals surface area contributed by atoms with Gasteiger partial charge in [-0.1, -0.05) is 35.5 Å². The zero-order chi connectivity index (χ0) is 20.1. The summed E-state index contributed by atoms with van der Waals surface area (Å²) in [7, 11) is 0. The topological polar surface area (TPSA) is 100 Å². The first-order valence-corrected chi connectivity index (χ1v) is 10.3. The van der Waals surface area contributed by atoms with Crippen LogP contribution in [0.3, 0.4) is 0 Å². The molecule has 4 rings (SSSR count). The molecule has 1 fully saturated rings. The van der Waals surface area contributed by atoms with Gasteiger partial charge < -0.3 is 14.7 Å². The number of thiophene rings is 1. The Hall–Kier alpha value is -3.20. The maximum atomic E-state index is 12.6. The smallest absolute Gasteiger partial charge is 0.322 e. The van der Waals surface area contributed by atoms with Gasteiger partial charge >= 0.3 is 6.03 Å². The van der Waals surface area contributed by atoms with Crippen molar-refractivity contribution >= 4 is 28.3 Å². The fourth-order valence-electron chi connectivity index (χ4n) is 3.25. The number of hydrogen-bond donors (Lipinski definition) is 2. The van der Waals surface area contributed by atoms with Crippen LogP contribution in [0.5, 0.6) is 0 Å². The second-order valence-electron chi connectivity index (χ2n) is 6.79. The van der Waals surface area contributed by atoms with Crippen LogP contribution in [0.2, 0.25) is 0 Å². The SMILES string of the molecule is O=C(NCc1nc(-c2ccccc2)no1)C1CCCN(C(=O)Nc2cccs2)C1. The molecule has 150 valence electrons. The molecule has 1 unspecified atom stereocenters. The molecule has 3 aromatic rings. The van der Waals surface area contributed by atoms with Crippen molar-refractivity contribution < 1.29 is 14.1 Å². The van der Waals surface area contributed by atoms with Crippen molar-refractivity contribution in [3.63, 3.8) is 0 Å². The lowest BCUT2D eigenvalue weighted by molar-refractivity contribution is -0.126. The second kappa shape index (κ2) is 8.87. The van der Waals surface area contributed by atoms with Gasteiger partial charge in [0.1, 0.15) is 0 Å². The van der Waals surface area contributed by atoms with Gasteiger partial charge in [-0.2, -0.15) is 4.98 Å². The molecule has 1 aromatic carbocycles. The van der Waals surface area contributed by atoms with Crippen LogP contribution in [0.25, 0.3) is 11.4 Å². The Morgan fingerprint density at radius 2 is 2.07 bits per heavy atom. The monoisotopic (exact) mass is 411 g/mol. The van der Waals surface area contributed by atoms with Gasteiger partial charge in [-0.05, 0) is 30.4 Å². The molecule has 1 aliphatic heterocycles. The normalized spacial score (nSPS) is 16.4. The first-order chi connectivity index (χ1) is 14.2. The number of carbonyl (C=O) groups is 2. The molecule has 2 aromatic heterocycles. The highest BCUT2D eigenvalue weighted by molar-refractivity contribution is 7.14. The van der Waals surface area contributed by atoms with Crippen LogP contribution in [-0.2, 0) is 11.3 Å². The number of carbonyl (C=O) groups excluding carboxylic acids is 2. The first-order valence-electron chi connectivity index (χ1n) is 9.44. The lowest BCUT2D eigenvalue weighted by Crippen LogP contribution is -2.46. The molecule has 1 atom stereocenters. The molecule has 1 saturated heterocycles. The van der Waals surface area contributed by atoms with E-state index in [0.717, 1.165) is 23.4 Å². The lowest BCUT2D eigenvalue weighted by Gasteiger charge is -2.31. The van der Waals surface area contributed by atoms with Crippen LogP contribution < -0.4 is 10.6 Å². The van der Waals surface area contributed by atoms with E-state index >= 15 is 0 Å². The third kappa shape index (κ3) is 4.80. The zero-order valence-electron chi connectivity index (χ0n) is 15.7. The maximum Gasteiger partial charge on any atom is 0.322 e. The van der Waals surface area contributed by atoms with Gasteiger partial charge in [-0.25, -0.2) is 4.79 Å². The molecule has 0 bridgehead atoms. The molecule has 29 heavy (non-hydrogen) atoms. The number of rotatable bonds is 5. The minimum Gasteiger partial charge on any atom is -0.347 e. The van der Waals surface area contributed by atoms with E-state index in [1.807, 2.05) is 47.8 Å². The number of piperidine rings is 1. The van der Waals surface area contributed by atoms with Crippen molar-refractivity contribution in [2.75, 3.05) is 18.4 Å². The molecule has 3 heterocycles. The molecule has 0 saturated carbocycles. The summed E-state index contributed by atoms with van der Waals surface area (Å²) in [5, 5.41) is 12.4. The highest BCUT2D eigenvalue weighted by Gasteiger charge is 2.28. The molecule has 1 aliphatic rings. The molecule has 0 spiro atoms. The predicted molar refractivity (Wildman–Crippen MR) is 109 cm³/mol. The Morgan fingerprint density at radius 3 is 2.86 bits per heavy atom. The number of hydrogen-bond acceptors (Lipinski definition) is 6. The number of nitrogens with zero attached hydrogens (tertiary/aromatic N) is 3. The van der Waals surface area contributed by atoms with Crippen molar-refractivity contribution in [3.8, 4) is 11.4 Å². The van der Waals surface area contributed by atoms with E-state index in [4.69, 9.17) is 4.52 Å². The first kappa shape index (κ1) is 19.1. The van der Waals surface area contributed by atoms with Gasteiger partial charge in [0.05, 0.1) is 17.5 Å². The van der Waals surface area contributed by atoms with Crippen LogP contribution in [0, 0.1) is 5.92 Å². The average molecular weight is 411 g/mol. The molecule has 3 amide bonds. The Bertz CT molecular complexity index is 958. The van der Waals surface area contributed by atoms with Crippen LogP contribution in [0.4, 0.5) is 9.80 Å². The fraction of sp³-hybridized carbons (Fsp3) is 0.300. The minimum atomic E-state index is -0.255. The van der Waals surface area contributed by atoms with E-state index in [1.54, 1.807) is 4.90 Å². The van der Waals surface area contributed by atoms with Crippen LogP contribution >= 0.6 is 11.3 Å². The summed E-state index contributed by atoms with van der Waals surface area (Å²) in [4.78, 5) is 31.0. The van der Waals surface area contributed by atoms with Crippen LogP contribution in [0.1, 0.15) is 18.7 Å². The second-order valence-corrected chi connectivity index (χ2v) is 7.74. The van der Waals surface area contributed by atoms with Gasteiger partial charge in [-0.15, -0.1) is 11.3 Å². The summed E-state index contributed by atoms with van der Waals surface area (Å²) in [6.45, 7) is 1.20. The number of amides is 3. The highest BCUT2D eigenvalue weighted by atomic mass is 32.1. The van der Waals surface area contributed by atoms with Gasteiger partial charge in [0.25, 0.3) is 0 Å².